The number of halogens is 2. The fourth-order valence-electron chi connectivity index (χ4n) is 4.00. The molecule has 202 valence electrons. The van der Waals surface area contributed by atoms with Gasteiger partial charge in [0.2, 0.25) is 0 Å². The maximum absolute atomic E-state index is 15.3. The van der Waals surface area contributed by atoms with Crippen LogP contribution in [0.1, 0.15) is 91.2 Å². The molecular formula is C30H44F2O4. The van der Waals surface area contributed by atoms with Gasteiger partial charge in [-0.05, 0) is 51.7 Å². The average molecular weight is 507 g/mol. The van der Waals surface area contributed by atoms with Crippen LogP contribution in [0.5, 0.6) is 0 Å². The van der Waals surface area contributed by atoms with E-state index in [1.807, 2.05) is 38.1 Å². The third-order valence-electron chi connectivity index (χ3n) is 6.32. The van der Waals surface area contributed by atoms with Gasteiger partial charge >= 0.3 is 11.9 Å². The molecule has 36 heavy (non-hydrogen) atoms. The van der Waals surface area contributed by atoms with Crippen molar-refractivity contribution in [3.8, 4) is 0 Å². The molecule has 0 saturated carbocycles. The van der Waals surface area contributed by atoms with Crippen molar-refractivity contribution in [2.75, 3.05) is 13.2 Å². The second-order valence-electron chi connectivity index (χ2n) is 9.61. The number of esters is 2. The Kier molecular flexibility index (Phi) is 13.6. The monoisotopic (exact) mass is 506 g/mol. The number of carbonyl (C=O) groups is 2. The summed E-state index contributed by atoms with van der Waals surface area (Å²) in [7, 11) is 0. The van der Waals surface area contributed by atoms with Crippen LogP contribution in [0.2, 0.25) is 0 Å². The van der Waals surface area contributed by atoms with Crippen LogP contribution in [0, 0.1) is 11.8 Å². The quantitative estimate of drug-likeness (QED) is 0.214. The van der Waals surface area contributed by atoms with E-state index in [-0.39, 0.29) is 26.1 Å². The Labute approximate surface area is 216 Å². The van der Waals surface area contributed by atoms with Crippen molar-refractivity contribution in [2.45, 2.75) is 91.4 Å². The van der Waals surface area contributed by atoms with Gasteiger partial charge in [-0.2, -0.15) is 0 Å². The molecule has 1 aromatic rings. The van der Waals surface area contributed by atoms with Crippen molar-refractivity contribution in [1.82, 2.24) is 0 Å². The summed E-state index contributed by atoms with van der Waals surface area (Å²) in [5.74, 6) is -3.15. The maximum Gasteiger partial charge on any atom is 0.316 e. The molecular weight excluding hydrogens is 462 g/mol. The second kappa shape index (κ2) is 15.6. The van der Waals surface area contributed by atoms with Gasteiger partial charge in [0, 0.05) is 0 Å². The fraction of sp³-hybridized carbons (Fsp3) is 0.600. The number of carbonyl (C=O) groups excluding carboxylic acids is 2. The van der Waals surface area contributed by atoms with Crippen molar-refractivity contribution < 1.29 is 27.8 Å². The van der Waals surface area contributed by atoms with Crippen LogP contribution in [0.15, 0.2) is 36.4 Å². The van der Waals surface area contributed by atoms with E-state index in [0.717, 1.165) is 24.0 Å². The molecule has 0 spiro atoms. The summed E-state index contributed by atoms with van der Waals surface area (Å²) in [5, 5.41) is 0. The molecule has 0 aliphatic rings. The number of unbranched alkanes of at least 4 members (excludes halogenated alkanes) is 2. The van der Waals surface area contributed by atoms with Crippen LogP contribution in [0.3, 0.4) is 0 Å². The predicted molar refractivity (Wildman–Crippen MR) is 143 cm³/mol. The minimum atomic E-state index is -1.71. The lowest BCUT2D eigenvalue weighted by Crippen LogP contribution is -2.35. The largest absolute Gasteiger partial charge is 0.465 e. The van der Waals surface area contributed by atoms with Gasteiger partial charge < -0.3 is 9.47 Å². The van der Waals surface area contributed by atoms with Gasteiger partial charge in [-0.3, -0.25) is 9.59 Å². The van der Waals surface area contributed by atoms with Crippen molar-refractivity contribution in [3.05, 3.63) is 47.5 Å². The van der Waals surface area contributed by atoms with Gasteiger partial charge in [-0.15, -0.1) is 0 Å². The lowest BCUT2D eigenvalue weighted by molar-refractivity contribution is -0.152. The SMILES string of the molecule is CCCC[C@](C)(F)[C@H](/C=C/c1ccc(/C=C/[C@@H](C(=O)OCC)[C@](C)(F)CCCC)cc1)C(=O)OCC. The van der Waals surface area contributed by atoms with Crippen LogP contribution in [0.25, 0.3) is 12.2 Å². The Morgan fingerprint density at radius 1 is 0.750 bits per heavy atom. The number of ether oxygens (including phenoxy) is 2. The summed E-state index contributed by atoms with van der Waals surface area (Å²) in [6, 6.07) is 7.30. The molecule has 0 saturated heterocycles. The normalized spacial score (nSPS) is 16.9. The highest BCUT2D eigenvalue weighted by atomic mass is 19.1. The molecule has 0 unspecified atom stereocenters. The maximum atomic E-state index is 15.3. The third kappa shape index (κ3) is 10.2. The summed E-state index contributed by atoms with van der Waals surface area (Å²) in [6.07, 6.45) is 10.1. The van der Waals surface area contributed by atoms with E-state index in [1.54, 1.807) is 38.2 Å². The molecule has 0 aliphatic carbocycles. The lowest BCUT2D eigenvalue weighted by Gasteiger charge is -2.27. The molecule has 4 nitrogen and oxygen atoms in total. The van der Waals surface area contributed by atoms with E-state index in [2.05, 4.69) is 0 Å². The molecule has 0 aliphatic heterocycles. The Balaban J connectivity index is 3.07. The third-order valence-corrected chi connectivity index (χ3v) is 6.32. The second-order valence-corrected chi connectivity index (χ2v) is 9.61. The summed E-state index contributed by atoms with van der Waals surface area (Å²) in [5.41, 5.74) is -1.85. The molecule has 0 heterocycles. The van der Waals surface area contributed by atoms with Gasteiger partial charge in [-0.25, -0.2) is 8.78 Å². The van der Waals surface area contributed by atoms with Gasteiger partial charge in [0.1, 0.15) is 23.2 Å². The Hall–Kier alpha value is -2.50. The van der Waals surface area contributed by atoms with Gasteiger partial charge in [0.25, 0.3) is 0 Å². The van der Waals surface area contributed by atoms with Crippen molar-refractivity contribution in [2.24, 2.45) is 11.8 Å². The van der Waals surface area contributed by atoms with E-state index in [9.17, 15) is 9.59 Å². The Morgan fingerprint density at radius 2 is 1.08 bits per heavy atom. The zero-order chi connectivity index (χ0) is 27.2. The molecule has 4 atom stereocenters. The predicted octanol–water partition coefficient (Wildman–Crippen LogP) is 7.91. The number of alkyl halides is 2. The van der Waals surface area contributed by atoms with Crippen molar-refractivity contribution >= 4 is 24.1 Å². The number of hydrogen-bond acceptors (Lipinski definition) is 4. The number of benzene rings is 1. The van der Waals surface area contributed by atoms with E-state index < -0.39 is 35.1 Å². The molecule has 0 N–H and O–H groups in total. The van der Waals surface area contributed by atoms with Gasteiger partial charge in [0.15, 0.2) is 0 Å². The zero-order valence-corrected chi connectivity index (χ0v) is 22.8. The lowest BCUT2D eigenvalue weighted by atomic mass is 9.85. The molecule has 0 bridgehead atoms. The molecule has 0 fully saturated rings. The van der Waals surface area contributed by atoms with Gasteiger partial charge in [-0.1, -0.05) is 88.1 Å². The van der Waals surface area contributed by atoms with Gasteiger partial charge in [0.05, 0.1) is 13.2 Å². The van der Waals surface area contributed by atoms with Crippen molar-refractivity contribution in [1.29, 1.82) is 0 Å². The van der Waals surface area contributed by atoms with Crippen LogP contribution >= 0.6 is 0 Å². The smallest absolute Gasteiger partial charge is 0.316 e. The standard InChI is InChI=1S/C30H44F2O4/c1-7-11-21-29(5,31)25(27(33)35-9-3)19-17-23-13-15-24(16-14-23)18-20-26(28(34)36-10-4)30(6,32)22-12-8-2/h13-20,25-26H,7-12,21-22H2,1-6H3/b19-17+,20-18+/t25-,26+,29+,30-. The zero-order valence-electron chi connectivity index (χ0n) is 22.8. The molecule has 6 heteroatoms. The number of rotatable bonds is 16. The summed E-state index contributed by atoms with van der Waals surface area (Å²) < 4.78 is 40.9. The van der Waals surface area contributed by atoms with E-state index in [0.29, 0.717) is 12.8 Å². The van der Waals surface area contributed by atoms with Crippen LogP contribution < -0.4 is 0 Å². The molecule has 0 radical (unpaired) electrons. The minimum absolute atomic E-state index is 0.192. The highest BCUT2D eigenvalue weighted by Gasteiger charge is 2.39. The molecule has 0 amide bonds. The average Bonchev–Trinajstić information content (AvgIpc) is 2.82. The van der Waals surface area contributed by atoms with Crippen LogP contribution in [-0.4, -0.2) is 36.5 Å². The Morgan fingerprint density at radius 3 is 1.36 bits per heavy atom. The number of hydrogen-bond donors (Lipinski definition) is 0. The van der Waals surface area contributed by atoms with E-state index in [1.165, 1.54) is 13.8 Å². The van der Waals surface area contributed by atoms with E-state index >= 15 is 8.78 Å². The molecule has 1 aromatic carbocycles. The first-order chi connectivity index (χ1) is 17.0. The summed E-state index contributed by atoms with van der Waals surface area (Å²) in [4.78, 5) is 24.9. The first kappa shape index (κ1) is 31.5. The summed E-state index contributed by atoms with van der Waals surface area (Å²) >= 11 is 0. The fourth-order valence-corrected chi connectivity index (χ4v) is 4.00. The van der Waals surface area contributed by atoms with Crippen molar-refractivity contribution in [3.63, 3.8) is 0 Å². The first-order valence-corrected chi connectivity index (χ1v) is 13.2. The molecule has 0 aromatic heterocycles. The topological polar surface area (TPSA) is 52.6 Å². The van der Waals surface area contributed by atoms with E-state index in [4.69, 9.17) is 9.47 Å². The highest BCUT2D eigenvalue weighted by Crippen LogP contribution is 2.32. The molecule has 1 rings (SSSR count). The van der Waals surface area contributed by atoms with Crippen LogP contribution in [0.4, 0.5) is 8.78 Å². The summed E-state index contributed by atoms with van der Waals surface area (Å²) in [6.45, 7) is 10.6. The highest BCUT2D eigenvalue weighted by molar-refractivity contribution is 5.78. The Bertz CT molecular complexity index is 785. The first-order valence-electron chi connectivity index (χ1n) is 13.2. The minimum Gasteiger partial charge on any atom is -0.465 e. The van der Waals surface area contributed by atoms with Crippen LogP contribution in [-0.2, 0) is 19.1 Å².